The number of aromatic nitrogens is 2. The van der Waals surface area contributed by atoms with Gasteiger partial charge in [-0.3, -0.25) is 9.48 Å². The second-order valence-electron chi connectivity index (χ2n) is 6.60. The minimum atomic E-state index is -0.0798. The SMILES string of the molecule is Cc1nn(CC(C)C)c(C)c1CC(=O)N(C)C(C)c1ccco1. The number of aryl methyl sites for hydroxylation is 1. The molecule has 1 amide bonds. The fourth-order valence-corrected chi connectivity index (χ4v) is 2.73. The number of carbonyl (C=O) groups is 1. The van der Waals surface area contributed by atoms with Gasteiger partial charge in [-0.25, -0.2) is 0 Å². The summed E-state index contributed by atoms with van der Waals surface area (Å²) < 4.78 is 7.41. The Labute approximate surface area is 138 Å². The summed E-state index contributed by atoms with van der Waals surface area (Å²) >= 11 is 0. The van der Waals surface area contributed by atoms with Crippen molar-refractivity contribution in [2.24, 2.45) is 5.92 Å². The van der Waals surface area contributed by atoms with Gasteiger partial charge >= 0.3 is 0 Å². The van der Waals surface area contributed by atoms with Gasteiger partial charge in [-0.2, -0.15) is 5.10 Å². The molecule has 23 heavy (non-hydrogen) atoms. The summed E-state index contributed by atoms with van der Waals surface area (Å²) in [5.74, 6) is 1.40. The zero-order chi connectivity index (χ0) is 17.1. The summed E-state index contributed by atoms with van der Waals surface area (Å²) in [5.41, 5.74) is 3.06. The average molecular weight is 317 g/mol. The smallest absolute Gasteiger partial charge is 0.227 e. The maximum atomic E-state index is 12.6. The second kappa shape index (κ2) is 7.02. The van der Waals surface area contributed by atoms with E-state index in [1.807, 2.05) is 44.6 Å². The van der Waals surface area contributed by atoms with E-state index in [4.69, 9.17) is 4.42 Å². The molecule has 1 unspecified atom stereocenters. The molecule has 0 aromatic carbocycles. The summed E-state index contributed by atoms with van der Waals surface area (Å²) in [6.07, 6.45) is 2.01. The molecule has 0 radical (unpaired) electrons. The van der Waals surface area contributed by atoms with Crippen LogP contribution in [0.3, 0.4) is 0 Å². The maximum Gasteiger partial charge on any atom is 0.227 e. The van der Waals surface area contributed by atoms with Crippen LogP contribution in [0.1, 0.15) is 49.5 Å². The first-order valence-corrected chi connectivity index (χ1v) is 8.13. The van der Waals surface area contributed by atoms with Crippen molar-refractivity contribution in [2.75, 3.05) is 7.05 Å². The number of likely N-dealkylation sites (N-methyl/N-ethyl adjacent to an activating group) is 1. The molecule has 2 rings (SSSR count). The predicted molar refractivity (Wildman–Crippen MR) is 90.1 cm³/mol. The molecule has 0 aliphatic carbocycles. The van der Waals surface area contributed by atoms with Crippen LogP contribution in [-0.2, 0) is 17.8 Å². The molecule has 126 valence electrons. The van der Waals surface area contributed by atoms with E-state index in [9.17, 15) is 4.79 Å². The van der Waals surface area contributed by atoms with Gasteiger partial charge in [0.05, 0.1) is 24.4 Å². The molecular weight excluding hydrogens is 290 g/mol. The van der Waals surface area contributed by atoms with Crippen LogP contribution in [0.4, 0.5) is 0 Å². The van der Waals surface area contributed by atoms with Gasteiger partial charge < -0.3 is 9.32 Å². The van der Waals surface area contributed by atoms with Crippen molar-refractivity contribution in [1.29, 1.82) is 0 Å². The molecule has 1 atom stereocenters. The lowest BCUT2D eigenvalue weighted by Crippen LogP contribution is -2.31. The fourth-order valence-electron chi connectivity index (χ4n) is 2.73. The van der Waals surface area contributed by atoms with Crippen LogP contribution < -0.4 is 0 Å². The topological polar surface area (TPSA) is 51.3 Å². The Morgan fingerprint density at radius 2 is 2.04 bits per heavy atom. The quantitative estimate of drug-likeness (QED) is 0.819. The Morgan fingerprint density at radius 3 is 2.61 bits per heavy atom. The highest BCUT2D eigenvalue weighted by molar-refractivity contribution is 5.79. The fraction of sp³-hybridized carbons (Fsp3) is 0.556. The summed E-state index contributed by atoms with van der Waals surface area (Å²) in [6.45, 7) is 11.2. The largest absolute Gasteiger partial charge is 0.467 e. The normalized spacial score (nSPS) is 12.7. The first kappa shape index (κ1) is 17.3. The lowest BCUT2D eigenvalue weighted by Gasteiger charge is -2.23. The maximum absolute atomic E-state index is 12.6. The molecule has 0 spiro atoms. The van der Waals surface area contributed by atoms with Crippen molar-refractivity contribution in [3.63, 3.8) is 0 Å². The van der Waals surface area contributed by atoms with Gasteiger partial charge in [0.2, 0.25) is 5.91 Å². The van der Waals surface area contributed by atoms with Gasteiger partial charge in [0, 0.05) is 24.8 Å². The number of amides is 1. The van der Waals surface area contributed by atoms with Gasteiger partial charge in [-0.05, 0) is 38.8 Å². The Hall–Kier alpha value is -2.04. The van der Waals surface area contributed by atoms with Crippen LogP contribution in [0.5, 0.6) is 0 Å². The summed E-state index contributed by atoms with van der Waals surface area (Å²) in [5, 5.41) is 4.58. The van der Waals surface area contributed by atoms with Crippen LogP contribution in [0.15, 0.2) is 22.8 Å². The molecule has 0 fully saturated rings. The number of furan rings is 1. The number of hydrogen-bond acceptors (Lipinski definition) is 3. The van der Waals surface area contributed by atoms with Crippen LogP contribution in [0, 0.1) is 19.8 Å². The molecule has 0 bridgehead atoms. The molecule has 2 aromatic rings. The molecule has 5 heteroatoms. The number of hydrogen-bond donors (Lipinski definition) is 0. The van der Waals surface area contributed by atoms with Crippen molar-refractivity contribution in [3.8, 4) is 0 Å². The predicted octanol–water partition coefficient (Wildman–Crippen LogP) is 3.51. The molecular formula is C18H27N3O2. The first-order chi connectivity index (χ1) is 10.8. The van der Waals surface area contributed by atoms with Crippen molar-refractivity contribution in [3.05, 3.63) is 41.1 Å². The Bertz CT molecular complexity index is 656. The Kier molecular flexibility index (Phi) is 5.29. The molecule has 0 N–H and O–H groups in total. The molecule has 2 heterocycles. The zero-order valence-corrected chi connectivity index (χ0v) is 15.0. The van der Waals surface area contributed by atoms with Gasteiger partial charge in [-0.15, -0.1) is 0 Å². The highest BCUT2D eigenvalue weighted by atomic mass is 16.3. The van der Waals surface area contributed by atoms with Crippen LogP contribution >= 0.6 is 0 Å². The molecule has 0 aliphatic heterocycles. The van der Waals surface area contributed by atoms with Crippen LogP contribution in [-0.4, -0.2) is 27.6 Å². The van der Waals surface area contributed by atoms with Crippen LogP contribution in [0.2, 0.25) is 0 Å². The van der Waals surface area contributed by atoms with Gasteiger partial charge in [0.25, 0.3) is 0 Å². The third kappa shape index (κ3) is 3.84. The molecule has 0 saturated carbocycles. The molecule has 0 aliphatic rings. The van der Waals surface area contributed by atoms with E-state index in [2.05, 4.69) is 18.9 Å². The zero-order valence-electron chi connectivity index (χ0n) is 15.0. The standard InChI is InChI=1S/C18H27N3O2/c1-12(2)11-21-14(4)16(13(3)19-21)10-18(22)20(6)15(5)17-8-7-9-23-17/h7-9,12,15H,10-11H2,1-6H3. The summed E-state index contributed by atoms with van der Waals surface area (Å²) in [6, 6.07) is 3.66. The van der Waals surface area contributed by atoms with Crippen molar-refractivity contribution in [1.82, 2.24) is 14.7 Å². The molecule has 2 aromatic heterocycles. The van der Waals surface area contributed by atoms with Gasteiger partial charge in [-0.1, -0.05) is 13.8 Å². The van der Waals surface area contributed by atoms with Gasteiger partial charge in [0.1, 0.15) is 5.76 Å². The van der Waals surface area contributed by atoms with E-state index in [-0.39, 0.29) is 11.9 Å². The van der Waals surface area contributed by atoms with E-state index in [1.165, 1.54) is 0 Å². The van der Waals surface area contributed by atoms with Gasteiger partial charge in [0.15, 0.2) is 0 Å². The van der Waals surface area contributed by atoms with Crippen molar-refractivity contribution in [2.45, 2.75) is 53.6 Å². The van der Waals surface area contributed by atoms with Crippen molar-refractivity contribution >= 4 is 5.91 Å². The Morgan fingerprint density at radius 1 is 1.35 bits per heavy atom. The minimum Gasteiger partial charge on any atom is -0.467 e. The second-order valence-corrected chi connectivity index (χ2v) is 6.60. The Balaban J connectivity index is 2.12. The highest BCUT2D eigenvalue weighted by Crippen LogP contribution is 2.21. The monoisotopic (exact) mass is 317 g/mol. The minimum absolute atomic E-state index is 0.0733. The average Bonchev–Trinajstić information content (AvgIpc) is 3.10. The highest BCUT2D eigenvalue weighted by Gasteiger charge is 2.22. The lowest BCUT2D eigenvalue weighted by atomic mass is 10.1. The number of rotatable bonds is 6. The lowest BCUT2D eigenvalue weighted by molar-refractivity contribution is -0.131. The third-order valence-corrected chi connectivity index (χ3v) is 4.33. The van der Waals surface area contributed by atoms with E-state index in [0.29, 0.717) is 12.3 Å². The third-order valence-electron chi connectivity index (χ3n) is 4.33. The van der Waals surface area contributed by atoms with Crippen molar-refractivity contribution < 1.29 is 9.21 Å². The molecule has 0 saturated heterocycles. The summed E-state index contributed by atoms with van der Waals surface area (Å²) in [7, 11) is 1.82. The number of carbonyl (C=O) groups excluding carboxylic acids is 1. The summed E-state index contributed by atoms with van der Waals surface area (Å²) in [4.78, 5) is 14.4. The van der Waals surface area contributed by atoms with Crippen LogP contribution in [0.25, 0.3) is 0 Å². The first-order valence-electron chi connectivity index (χ1n) is 8.13. The molecule has 5 nitrogen and oxygen atoms in total. The van der Waals surface area contributed by atoms with E-state index in [0.717, 1.165) is 29.3 Å². The van der Waals surface area contributed by atoms with E-state index in [1.54, 1.807) is 11.2 Å². The van der Waals surface area contributed by atoms with E-state index < -0.39 is 0 Å². The van der Waals surface area contributed by atoms with E-state index >= 15 is 0 Å². The number of nitrogens with zero attached hydrogens (tertiary/aromatic N) is 3.